The fraction of sp³-hybridized carbons (Fsp3) is 0.286. The minimum atomic E-state index is -0.635. The number of nitrogens with one attached hydrogen (secondary N) is 1. The molecule has 3 rings (SSSR count). The molecule has 0 spiro atoms. The molecule has 1 aromatic heterocycles. The Bertz CT molecular complexity index is 948. The molecule has 0 atom stereocenters. The summed E-state index contributed by atoms with van der Waals surface area (Å²) in [6.45, 7) is 6.38. The van der Waals surface area contributed by atoms with Gasteiger partial charge in [0.2, 0.25) is 0 Å². The van der Waals surface area contributed by atoms with Gasteiger partial charge in [0.1, 0.15) is 0 Å². The topological polar surface area (TPSA) is 48.4 Å². The van der Waals surface area contributed by atoms with Crippen LogP contribution in [0.15, 0.2) is 42.6 Å². The highest BCUT2D eigenvalue weighted by Crippen LogP contribution is 2.31. The van der Waals surface area contributed by atoms with Crippen LogP contribution in [0.1, 0.15) is 25.8 Å². The number of hydrogen-bond acceptors (Lipinski definition) is 4. The van der Waals surface area contributed by atoms with Crippen molar-refractivity contribution in [2.24, 2.45) is 0 Å². The molecule has 0 radical (unpaired) electrons. The van der Waals surface area contributed by atoms with Crippen molar-refractivity contribution in [1.29, 1.82) is 0 Å². The molecule has 0 unspecified atom stereocenters. The molecular formula is C21H23ClFN3O. The Hall–Kier alpha value is -2.37. The molecule has 2 aromatic carbocycles. The van der Waals surface area contributed by atoms with Crippen LogP contribution in [0.25, 0.3) is 10.9 Å². The number of fused-ring (bicyclic) bond motifs is 1. The molecule has 0 fully saturated rings. The second kappa shape index (κ2) is 8.55. The summed E-state index contributed by atoms with van der Waals surface area (Å²) in [6.07, 6.45) is 2.68. The van der Waals surface area contributed by atoms with Crippen molar-refractivity contribution in [3.8, 4) is 5.75 Å². The summed E-state index contributed by atoms with van der Waals surface area (Å²) >= 11 is 6.04. The molecule has 1 heterocycles. The first kappa shape index (κ1) is 19.4. The predicted octanol–water partition coefficient (Wildman–Crippen LogP) is 5.71. The van der Waals surface area contributed by atoms with Gasteiger partial charge in [0, 0.05) is 46.2 Å². The number of benzene rings is 2. The van der Waals surface area contributed by atoms with E-state index in [1.165, 1.54) is 6.07 Å². The van der Waals surface area contributed by atoms with Crippen LogP contribution in [-0.4, -0.2) is 28.1 Å². The van der Waals surface area contributed by atoms with Crippen molar-refractivity contribution in [3.63, 3.8) is 0 Å². The van der Waals surface area contributed by atoms with Gasteiger partial charge in [-0.15, -0.1) is 0 Å². The molecule has 27 heavy (non-hydrogen) atoms. The molecule has 0 aliphatic rings. The van der Waals surface area contributed by atoms with Gasteiger partial charge in [-0.3, -0.25) is 9.88 Å². The number of nitrogens with zero attached hydrogens (tertiary/aromatic N) is 2. The van der Waals surface area contributed by atoms with E-state index in [1.54, 1.807) is 24.4 Å². The Morgan fingerprint density at radius 2 is 2.00 bits per heavy atom. The number of pyridine rings is 1. The van der Waals surface area contributed by atoms with E-state index in [0.717, 1.165) is 36.1 Å². The maximum Gasteiger partial charge on any atom is 0.167 e. The van der Waals surface area contributed by atoms with Crippen molar-refractivity contribution in [3.05, 3.63) is 59.0 Å². The lowest BCUT2D eigenvalue weighted by molar-refractivity contribution is 0.275. The van der Waals surface area contributed by atoms with E-state index in [-0.39, 0.29) is 5.75 Å². The number of phenols is 1. The van der Waals surface area contributed by atoms with Crippen LogP contribution in [0, 0.1) is 5.82 Å². The maximum atomic E-state index is 14.3. The second-order valence-corrected chi connectivity index (χ2v) is 6.92. The standard InChI is InChI=1S/C21H23ClFN3O/c1-3-9-26(4-2)13-14-10-16(12-18(23)21(14)27)25-19-7-8-24-20-11-15(22)5-6-17(19)20/h5-8,10-12,27H,3-4,9,13H2,1-2H3,(H,24,25). The molecule has 0 aliphatic heterocycles. The zero-order valence-electron chi connectivity index (χ0n) is 15.5. The molecule has 3 aromatic rings. The summed E-state index contributed by atoms with van der Waals surface area (Å²) in [5.41, 5.74) is 2.70. The third-order valence-electron chi connectivity index (χ3n) is 4.51. The lowest BCUT2D eigenvalue weighted by Gasteiger charge is -2.21. The van der Waals surface area contributed by atoms with Gasteiger partial charge in [0.25, 0.3) is 0 Å². The largest absolute Gasteiger partial charge is 0.505 e. The lowest BCUT2D eigenvalue weighted by atomic mass is 10.1. The van der Waals surface area contributed by atoms with Gasteiger partial charge in [0.15, 0.2) is 11.6 Å². The van der Waals surface area contributed by atoms with E-state index in [2.05, 4.69) is 29.0 Å². The molecule has 0 saturated carbocycles. The molecular weight excluding hydrogens is 365 g/mol. The Labute approximate surface area is 163 Å². The average Bonchev–Trinajstić information content (AvgIpc) is 2.65. The first-order valence-corrected chi connectivity index (χ1v) is 9.44. The fourth-order valence-corrected chi connectivity index (χ4v) is 3.31. The van der Waals surface area contributed by atoms with Gasteiger partial charge in [-0.25, -0.2) is 4.39 Å². The molecule has 0 aliphatic carbocycles. The zero-order valence-corrected chi connectivity index (χ0v) is 16.2. The third kappa shape index (κ3) is 4.49. The van der Waals surface area contributed by atoms with Gasteiger partial charge in [-0.05, 0) is 49.8 Å². The summed E-state index contributed by atoms with van der Waals surface area (Å²) in [4.78, 5) is 6.49. The van der Waals surface area contributed by atoms with Crippen LogP contribution < -0.4 is 5.32 Å². The quantitative estimate of drug-likeness (QED) is 0.510. The Morgan fingerprint density at radius 1 is 1.19 bits per heavy atom. The predicted molar refractivity (Wildman–Crippen MR) is 109 cm³/mol. The van der Waals surface area contributed by atoms with E-state index in [1.807, 2.05) is 12.1 Å². The van der Waals surface area contributed by atoms with Crippen molar-refractivity contribution in [2.45, 2.75) is 26.8 Å². The number of aromatic nitrogens is 1. The van der Waals surface area contributed by atoms with E-state index < -0.39 is 5.82 Å². The number of halogens is 2. The number of rotatable bonds is 7. The monoisotopic (exact) mass is 387 g/mol. The lowest BCUT2D eigenvalue weighted by Crippen LogP contribution is -2.23. The molecule has 6 heteroatoms. The summed E-state index contributed by atoms with van der Waals surface area (Å²) in [7, 11) is 0. The van der Waals surface area contributed by atoms with Crippen molar-refractivity contribution in [1.82, 2.24) is 9.88 Å². The smallest absolute Gasteiger partial charge is 0.167 e. The first-order valence-electron chi connectivity index (χ1n) is 9.06. The van der Waals surface area contributed by atoms with Gasteiger partial charge >= 0.3 is 0 Å². The van der Waals surface area contributed by atoms with Gasteiger partial charge in [-0.1, -0.05) is 25.4 Å². The van der Waals surface area contributed by atoms with Crippen LogP contribution in [0.3, 0.4) is 0 Å². The number of hydrogen-bond donors (Lipinski definition) is 2. The number of phenolic OH excluding ortho intramolecular Hbond substituents is 1. The van der Waals surface area contributed by atoms with E-state index in [4.69, 9.17) is 11.6 Å². The number of anilines is 2. The highest BCUT2D eigenvalue weighted by Gasteiger charge is 2.14. The van der Waals surface area contributed by atoms with E-state index in [9.17, 15) is 9.50 Å². The molecule has 0 amide bonds. The molecule has 142 valence electrons. The van der Waals surface area contributed by atoms with Crippen LogP contribution in [-0.2, 0) is 6.54 Å². The van der Waals surface area contributed by atoms with E-state index >= 15 is 0 Å². The molecule has 2 N–H and O–H groups in total. The Kier molecular flexibility index (Phi) is 6.14. The molecule has 0 bridgehead atoms. The van der Waals surface area contributed by atoms with Crippen molar-refractivity contribution in [2.75, 3.05) is 18.4 Å². The summed E-state index contributed by atoms with van der Waals surface area (Å²) < 4.78 is 14.3. The normalized spacial score (nSPS) is 11.3. The maximum absolute atomic E-state index is 14.3. The summed E-state index contributed by atoms with van der Waals surface area (Å²) in [6, 6.07) is 10.4. The van der Waals surface area contributed by atoms with E-state index in [0.29, 0.717) is 22.8 Å². The highest BCUT2D eigenvalue weighted by molar-refractivity contribution is 6.31. The van der Waals surface area contributed by atoms with Crippen molar-refractivity contribution >= 4 is 33.9 Å². The SMILES string of the molecule is CCCN(CC)Cc1cc(Nc2ccnc3cc(Cl)ccc23)cc(F)c1O. The van der Waals surface area contributed by atoms with Gasteiger partial charge in [0.05, 0.1) is 5.52 Å². The molecule has 4 nitrogen and oxygen atoms in total. The van der Waals surface area contributed by atoms with Crippen LogP contribution in [0.5, 0.6) is 5.75 Å². The number of aromatic hydroxyl groups is 1. The second-order valence-electron chi connectivity index (χ2n) is 6.48. The average molecular weight is 388 g/mol. The third-order valence-corrected chi connectivity index (χ3v) is 4.74. The van der Waals surface area contributed by atoms with Gasteiger partial charge < -0.3 is 10.4 Å². The Balaban J connectivity index is 1.94. The minimum Gasteiger partial charge on any atom is -0.505 e. The fourth-order valence-electron chi connectivity index (χ4n) is 3.14. The Morgan fingerprint density at radius 3 is 2.74 bits per heavy atom. The van der Waals surface area contributed by atoms with Crippen LogP contribution in [0.4, 0.5) is 15.8 Å². The first-order chi connectivity index (χ1) is 13.0. The van der Waals surface area contributed by atoms with Crippen LogP contribution in [0.2, 0.25) is 5.02 Å². The summed E-state index contributed by atoms with van der Waals surface area (Å²) in [5.74, 6) is -0.926. The van der Waals surface area contributed by atoms with Crippen LogP contribution >= 0.6 is 11.6 Å². The minimum absolute atomic E-state index is 0.290. The van der Waals surface area contributed by atoms with Crippen molar-refractivity contribution < 1.29 is 9.50 Å². The zero-order chi connectivity index (χ0) is 19.4. The highest BCUT2D eigenvalue weighted by atomic mass is 35.5. The molecule has 0 saturated heterocycles. The summed E-state index contributed by atoms with van der Waals surface area (Å²) in [5, 5.41) is 14.9. The van der Waals surface area contributed by atoms with Gasteiger partial charge in [-0.2, -0.15) is 0 Å².